The molecule has 1 fully saturated rings. The average Bonchev–Trinajstić information content (AvgIpc) is 3.13. The second-order valence-electron chi connectivity index (χ2n) is 6.64. The molecule has 1 aliphatic rings. The molecule has 1 N–H and O–H groups in total. The summed E-state index contributed by atoms with van der Waals surface area (Å²) < 4.78 is 18.2. The zero-order chi connectivity index (χ0) is 20.2. The molecule has 4 rings (SSSR count). The number of fused-ring (bicyclic) bond motifs is 1. The molecule has 8 nitrogen and oxygen atoms in total. The number of nitrogens with one attached hydrogen (secondary N) is 1. The summed E-state index contributed by atoms with van der Waals surface area (Å²) in [7, 11) is 1.81. The Balaban J connectivity index is 1.66. The number of hydrogen-bond donors (Lipinski definition) is 1. The minimum absolute atomic E-state index is 0.308. The van der Waals surface area contributed by atoms with E-state index < -0.39 is 0 Å². The number of pyridine rings is 1. The molecule has 1 unspecified atom stereocenters. The summed E-state index contributed by atoms with van der Waals surface area (Å²) in [5, 5.41) is 9.13. The Labute approximate surface area is 170 Å². The van der Waals surface area contributed by atoms with Crippen molar-refractivity contribution in [2.24, 2.45) is 0 Å². The van der Waals surface area contributed by atoms with Gasteiger partial charge in [-0.2, -0.15) is 0 Å². The van der Waals surface area contributed by atoms with Gasteiger partial charge in [-0.1, -0.05) is 0 Å². The molecule has 1 aromatic carbocycles. The maximum Gasteiger partial charge on any atom is 0.337 e. The topological polar surface area (TPSA) is 87.5 Å². The van der Waals surface area contributed by atoms with Gasteiger partial charge in [0.2, 0.25) is 0 Å². The maximum atomic E-state index is 11.6. The van der Waals surface area contributed by atoms with Gasteiger partial charge in [0.05, 0.1) is 12.7 Å². The number of methoxy groups -OCH3 is 1. The van der Waals surface area contributed by atoms with E-state index in [1.165, 1.54) is 7.11 Å². The van der Waals surface area contributed by atoms with Gasteiger partial charge in [-0.3, -0.25) is 0 Å². The first-order valence-corrected chi connectivity index (χ1v) is 10.9. The van der Waals surface area contributed by atoms with Crippen molar-refractivity contribution in [2.45, 2.75) is 18.9 Å². The molecule has 3 heterocycles. The molecule has 0 amide bonds. The summed E-state index contributed by atoms with van der Waals surface area (Å²) >= 11 is 0. The van der Waals surface area contributed by atoms with Crippen LogP contribution < -0.4 is 10.1 Å². The van der Waals surface area contributed by atoms with Gasteiger partial charge in [-0.25, -0.2) is 14.2 Å². The van der Waals surface area contributed by atoms with Crippen LogP contribution in [0, 0.1) is 0 Å². The van der Waals surface area contributed by atoms with Crippen molar-refractivity contribution >= 4 is 31.6 Å². The number of ether oxygens (including phenoxy) is 3. The van der Waals surface area contributed by atoms with E-state index >= 15 is 0 Å². The molecule has 2 aromatic heterocycles. The number of rotatable bonds is 6. The number of carbonyl (C=O) groups excluding carboxylic acids is 1. The third-order valence-corrected chi connectivity index (χ3v) is 5.54. The maximum absolute atomic E-state index is 11.6. The zero-order valence-corrected chi connectivity index (χ0v) is 17.3. The Morgan fingerprint density at radius 3 is 2.69 bits per heavy atom. The summed E-state index contributed by atoms with van der Waals surface area (Å²) in [5.41, 5.74) is 1.26. The Kier molecular flexibility index (Phi) is 5.92. The number of aromatic nitrogens is 3. The highest BCUT2D eigenvalue weighted by molar-refractivity contribution is 7.35. The summed E-state index contributed by atoms with van der Waals surface area (Å²) in [6.45, 7) is 3.56. The minimum atomic E-state index is -0.379. The van der Waals surface area contributed by atoms with Crippen molar-refractivity contribution in [1.29, 1.82) is 0 Å². The molecular formula is C20H23N4O4P. The van der Waals surface area contributed by atoms with Crippen molar-refractivity contribution < 1.29 is 19.0 Å². The summed E-state index contributed by atoms with van der Waals surface area (Å²) in [4.78, 5) is 16.1. The summed E-state index contributed by atoms with van der Waals surface area (Å²) in [6.07, 6.45) is 3.60. The van der Waals surface area contributed by atoms with Crippen molar-refractivity contribution in [3.63, 3.8) is 0 Å². The Morgan fingerprint density at radius 2 is 2.00 bits per heavy atom. The largest absolute Gasteiger partial charge is 0.465 e. The first kappa shape index (κ1) is 19.6. The number of carbonyl (C=O) groups is 1. The van der Waals surface area contributed by atoms with Gasteiger partial charge in [0.15, 0.2) is 11.5 Å². The number of esters is 1. The highest BCUT2D eigenvalue weighted by Crippen LogP contribution is 2.36. The number of benzene rings is 1. The molecule has 9 heteroatoms. The molecule has 29 heavy (non-hydrogen) atoms. The van der Waals surface area contributed by atoms with Crippen molar-refractivity contribution in [3.8, 4) is 11.5 Å². The Bertz CT molecular complexity index is 1000. The molecule has 1 saturated heterocycles. The van der Waals surface area contributed by atoms with Crippen molar-refractivity contribution in [2.75, 3.05) is 32.3 Å². The van der Waals surface area contributed by atoms with Crippen LogP contribution in [0.4, 0.5) is 5.82 Å². The lowest BCUT2D eigenvalue weighted by Crippen LogP contribution is -2.28. The molecule has 0 spiro atoms. The molecule has 0 aliphatic carbocycles. The first-order valence-electron chi connectivity index (χ1n) is 9.45. The van der Waals surface area contributed by atoms with Gasteiger partial charge in [0.25, 0.3) is 0 Å². The third-order valence-electron chi connectivity index (χ3n) is 4.81. The van der Waals surface area contributed by atoms with E-state index in [4.69, 9.17) is 19.3 Å². The summed E-state index contributed by atoms with van der Waals surface area (Å²) in [5.74, 6) is 1.68. The number of anilines is 1. The fourth-order valence-electron chi connectivity index (χ4n) is 3.30. The van der Waals surface area contributed by atoms with Gasteiger partial charge in [0, 0.05) is 40.3 Å². The highest BCUT2D eigenvalue weighted by Gasteiger charge is 2.21. The first-order chi connectivity index (χ1) is 14.2. The van der Waals surface area contributed by atoms with E-state index in [1.54, 1.807) is 30.5 Å². The molecule has 0 radical (unpaired) electrons. The molecule has 0 saturated carbocycles. The highest BCUT2D eigenvalue weighted by atomic mass is 31.1. The van der Waals surface area contributed by atoms with Crippen LogP contribution >= 0.6 is 8.73 Å². The number of nitrogens with zero attached hydrogens (tertiary/aromatic N) is 3. The van der Waals surface area contributed by atoms with E-state index in [1.807, 2.05) is 10.5 Å². The van der Waals surface area contributed by atoms with Gasteiger partial charge in [-0.15, -0.1) is 5.10 Å². The van der Waals surface area contributed by atoms with E-state index in [0.717, 1.165) is 42.9 Å². The predicted octanol–water partition coefficient (Wildman–Crippen LogP) is 3.67. The monoisotopic (exact) mass is 414 g/mol. The van der Waals surface area contributed by atoms with Gasteiger partial charge < -0.3 is 19.5 Å². The van der Waals surface area contributed by atoms with Crippen LogP contribution in [0.15, 0.2) is 36.5 Å². The van der Waals surface area contributed by atoms with Crippen LogP contribution in [-0.2, 0) is 9.47 Å². The second-order valence-corrected chi connectivity index (χ2v) is 7.51. The predicted molar refractivity (Wildman–Crippen MR) is 112 cm³/mol. The standard InChI is InChI=1S/C20H23N4O4P/c1-26-20(25)13-3-5-15(6-4-13)28-16-7-10-21-19-17(16)18(23-24(19)29-2)22-14-8-11-27-12-9-14/h3-7,10,14,29H,8-9,11-12H2,1-2H3,(H,22,23). The van der Waals surface area contributed by atoms with Crippen LogP contribution in [0.2, 0.25) is 0 Å². The Morgan fingerprint density at radius 1 is 1.24 bits per heavy atom. The van der Waals surface area contributed by atoms with Crippen LogP contribution in [0.1, 0.15) is 23.2 Å². The average molecular weight is 414 g/mol. The van der Waals surface area contributed by atoms with E-state index in [2.05, 4.69) is 17.0 Å². The SMILES string of the molecule is COC(=O)c1ccc(Oc2ccnc3c2c(NC2CCOCC2)nn3PC)cc1. The molecule has 1 aliphatic heterocycles. The minimum Gasteiger partial charge on any atom is -0.465 e. The molecule has 3 aromatic rings. The lowest BCUT2D eigenvalue weighted by molar-refractivity contribution is 0.0600. The fraction of sp³-hybridized carbons (Fsp3) is 0.350. The molecule has 152 valence electrons. The molecular weight excluding hydrogens is 391 g/mol. The van der Waals surface area contributed by atoms with Crippen LogP contribution in [-0.4, -0.2) is 53.5 Å². The molecule has 0 bridgehead atoms. The smallest absolute Gasteiger partial charge is 0.337 e. The van der Waals surface area contributed by atoms with Gasteiger partial charge >= 0.3 is 5.97 Å². The summed E-state index contributed by atoms with van der Waals surface area (Å²) in [6, 6.07) is 8.99. The van der Waals surface area contributed by atoms with Crippen LogP contribution in [0.25, 0.3) is 11.0 Å². The lowest BCUT2D eigenvalue weighted by Gasteiger charge is -2.23. The second kappa shape index (κ2) is 8.76. The van der Waals surface area contributed by atoms with E-state index in [0.29, 0.717) is 31.8 Å². The quantitative estimate of drug-likeness (QED) is 0.486. The van der Waals surface area contributed by atoms with E-state index in [-0.39, 0.29) is 5.97 Å². The number of hydrogen-bond acceptors (Lipinski definition) is 7. The van der Waals surface area contributed by atoms with Gasteiger partial charge in [0.1, 0.15) is 16.9 Å². The van der Waals surface area contributed by atoms with Crippen molar-refractivity contribution in [1.82, 2.24) is 14.5 Å². The van der Waals surface area contributed by atoms with Crippen molar-refractivity contribution in [3.05, 3.63) is 42.1 Å². The van der Waals surface area contributed by atoms with Crippen LogP contribution in [0.5, 0.6) is 11.5 Å². The normalized spacial score (nSPS) is 15.1. The zero-order valence-electron chi connectivity index (χ0n) is 16.3. The molecule has 1 atom stereocenters. The fourth-order valence-corrected chi connectivity index (χ4v) is 3.88. The van der Waals surface area contributed by atoms with E-state index in [9.17, 15) is 4.79 Å². The third kappa shape index (κ3) is 4.18. The van der Waals surface area contributed by atoms with Gasteiger partial charge in [-0.05, 0) is 43.8 Å². The van der Waals surface area contributed by atoms with Crippen LogP contribution in [0.3, 0.4) is 0 Å². The Hall–Kier alpha value is -2.70. The lowest BCUT2D eigenvalue weighted by atomic mass is 10.1.